The van der Waals surface area contributed by atoms with Gasteiger partial charge in [-0.05, 0) is 11.6 Å². The van der Waals surface area contributed by atoms with E-state index in [1.165, 1.54) is 0 Å². The zero-order valence-corrected chi connectivity index (χ0v) is 12.2. The molecule has 0 radical (unpaired) electrons. The van der Waals surface area contributed by atoms with E-state index in [0.717, 1.165) is 31.7 Å². The van der Waals surface area contributed by atoms with Gasteiger partial charge in [0.2, 0.25) is 0 Å². The van der Waals surface area contributed by atoms with Gasteiger partial charge in [0.1, 0.15) is 6.67 Å². The van der Waals surface area contributed by atoms with Gasteiger partial charge in [-0.1, -0.05) is 35.3 Å². The van der Waals surface area contributed by atoms with Crippen LogP contribution in [0.15, 0.2) is 18.2 Å². The highest BCUT2D eigenvalue weighted by molar-refractivity contribution is 6.42. The van der Waals surface area contributed by atoms with Crippen molar-refractivity contribution in [1.29, 1.82) is 0 Å². The molecule has 1 aliphatic rings. The van der Waals surface area contributed by atoms with Gasteiger partial charge in [-0.15, -0.1) is 12.4 Å². The first kappa shape index (κ1) is 16.0. The van der Waals surface area contributed by atoms with E-state index in [1.807, 2.05) is 12.1 Å². The number of piperazine rings is 1. The van der Waals surface area contributed by atoms with Crippen LogP contribution in [0.4, 0.5) is 4.39 Å². The maximum Gasteiger partial charge on any atom is 0.109 e. The quantitative estimate of drug-likeness (QED) is 0.921. The molecule has 18 heavy (non-hydrogen) atoms. The van der Waals surface area contributed by atoms with Gasteiger partial charge in [-0.2, -0.15) is 0 Å². The van der Waals surface area contributed by atoms with Gasteiger partial charge in [-0.25, -0.2) is 4.39 Å². The maximum absolute atomic E-state index is 13.3. The van der Waals surface area contributed by atoms with Crippen molar-refractivity contribution in [2.45, 2.75) is 6.04 Å². The Morgan fingerprint density at radius 3 is 2.56 bits per heavy atom. The summed E-state index contributed by atoms with van der Waals surface area (Å²) in [6.45, 7) is 2.98. The van der Waals surface area contributed by atoms with Gasteiger partial charge in [0, 0.05) is 26.2 Å². The summed E-state index contributed by atoms with van der Waals surface area (Å²) in [5.74, 6) is 0. The molecule has 0 amide bonds. The number of alkyl halides is 1. The van der Waals surface area contributed by atoms with Crippen LogP contribution >= 0.6 is 35.6 Å². The van der Waals surface area contributed by atoms with E-state index in [2.05, 4.69) is 10.2 Å². The summed E-state index contributed by atoms with van der Waals surface area (Å²) in [6, 6.07) is 5.10. The van der Waals surface area contributed by atoms with E-state index in [1.54, 1.807) is 6.07 Å². The molecule has 2 rings (SSSR count). The third kappa shape index (κ3) is 3.49. The second kappa shape index (κ2) is 7.51. The molecule has 0 bridgehead atoms. The van der Waals surface area contributed by atoms with Crippen LogP contribution in [-0.2, 0) is 0 Å². The smallest absolute Gasteiger partial charge is 0.109 e. The first-order valence-corrected chi connectivity index (χ1v) is 6.44. The van der Waals surface area contributed by atoms with Gasteiger partial charge in [-0.3, -0.25) is 4.90 Å². The largest absolute Gasteiger partial charge is 0.314 e. The van der Waals surface area contributed by atoms with Crippen molar-refractivity contribution in [2.24, 2.45) is 0 Å². The topological polar surface area (TPSA) is 15.3 Å². The Morgan fingerprint density at radius 2 is 1.94 bits per heavy atom. The molecule has 102 valence electrons. The fourth-order valence-corrected chi connectivity index (χ4v) is 2.58. The molecule has 1 heterocycles. The Labute approximate surface area is 123 Å². The van der Waals surface area contributed by atoms with Gasteiger partial charge in [0.25, 0.3) is 0 Å². The normalized spacial score (nSPS) is 18.2. The number of hydrogen-bond donors (Lipinski definition) is 1. The highest BCUT2D eigenvalue weighted by atomic mass is 35.5. The molecule has 6 heteroatoms. The Balaban J connectivity index is 0.00000162. The Hall–Kier alpha value is -0.0600. The van der Waals surface area contributed by atoms with Crippen molar-refractivity contribution in [3.63, 3.8) is 0 Å². The lowest BCUT2D eigenvalue weighted by Gasteiger charge is -2.34. The molecule has 1 atom stereocenters. The van der Waals surface area contributed by atoms with E-state index in [-0.39, 0.29) is 18.4 Å². The predicted octanol–water partition coefficient (Wildman–Crippen LogP) is 3.33. The molecule has 0 unspecified atom stereocenters. The van der Waals surface area contributed by atoms with Gasteiger partial charge < -0.3 is 5.32 Å². The molecule has 0 aliphatic carbocycles. The van der Waals surface area contributed by atoms with E-state index in [4.69, 9.17) is 23.2 Å². The third-order valence-electron chi connectivity index (χ3n) is 3.08. The molecule has 1 aromatic rings. The van der Waals surface area contributed by atoms with Crippen molar-refractivity contribution in [3.8, 4) is 0 Å². The number of nitrogens with zero attached hydrogens (tertiary/aromatic N) is 1. The van der Waals surface area contributed by atoms with Crippen molar-refractivity contribution >= 4 is 35.6 Å². The van der Waals surface area contributed by atoms with Crippen molar-refractivity contribution in [2.75, 3.05) is 32.9 Å². The zero-order chi connectivity index (χ0) is 12.3. The molecule has 0 aromatic heterocycles. The highest BCUT2D eigenvalue weighted by Gasteiger charge is 2.24. The van der Waals surface area contributed by atoms with Crippen LogP contribution in [0.3, 0.4) is 0 Å². The SMILES string of the molecule is Cl.FC[C@H](c1cccc(Cl)c1Cl)N1CCNCC1. The number of rotatable bonds is 3. The summed E-state index contributed by atoms with van der Waals surface area (Å²) in [6.07, 6.45) is 0. The summed E-state index contributed by atoms with van der Waals surface area (Å²) in [7, 11) is 0. The van der Waals surface area contributed by atoms with Crippen LogP contribution in [0, 0.1) is 0 Å². The van der Waals surface area contributed by atoms with Crippen LogP contribution in [0.5, 0.6) is 0 Å². The van der Waals surface area contributed by atoms with E-state index in [9.17, 15) is 4.39 Å². The predicted molar refractivity (Wildman–Crippen MR) is 76.9 cm³/mol. The summed E-state index contributed by atoms with van der Waals surface area (Å²) < 4.78 is 13.3. The lowest BCUT2D eigenvalue weighted by atomic mass is 10.1. The van der Waals surface area contributed by atoms with Gasteiger partial charge in [0.15, 0.2) is 0 Å². The lowest BCUT2D eigenvalue weighted by Crippen LogP contribution is -2.45. The second-order valence-corrected chi connectivity index (χ2v) is 4.88. The number of hydrogen-bond acceptors (Lipinski definition) is 2. The molecular weight excluding hydrogens is 298 g/mol. The standard InChI is InChI=1S/C12H15Cl2FN2.ClH/c13-10-3-1-2-9(12(10)14)11(8-15)17-6-4-16-5-7-17;/h1-3,11,16H,4-8H2;1H/t11-;/m1./s1. The van der Waals surface area contributed by atoms with Crippen LogP contribution < -0.4 is 5.32 Å². The summed E-state index contributed by atoms with van der Waals surface area (Å²) in [5, 5.41) is 4.20. The second-order valence-electron chi connectivity index (χ2n) is 4.10. The third-order valence-corrected chi connectivity index (χ3v) is 3.91. The van der Waals surface area contributed by atoms with Crippen molar-refractivity contribution in [1.82, 2.24) is 10.2 Å². The van der Waals surface area contributed by atoms with Gasteiger partial charge >= 0.3 is 0 Å². The fraction of sp³-hybridized carbons (Fsp3) is 0.500. The minimum absolute atomic E-state index is 0. The summed E-state index contributed by atoms with van der Waals surface area (Å²) in [4.78, 5) is 2.11. The van der Waals surface area contributed by atoms with Gasteiger partial charge in [0.05, 0.1) is 16.1 Å². The monoisotopic (exact) mass is 312 g/mol. The van der Waals surface area contributed by atoms with E-state index >= 15 is 0 Å². The molecule has 1 fully saturated rings. The summed E-state index contributed by atoms with van der Waals surface area (Å²) >= 11 is 12.1. The molecule has 1 aliphatic heterocycles. The molecule has 1 aromatic carbocycles. The molecule has 2 nitrogen and oxygen atoms in total. The van der Waals surface area contributed by atoms with Crippen LogP contribution in [-0.4, -0.2) is 37.8 Å². The summed E-state index contributed by atoms with van der Waals surface area (Å²) in [5.41, 5.74) is 0.781. The molecule has 0 spiro atoms. The Bertz CT molecular complexity index is 384. The van der Waals surface area contributed by atoms with Crippen molar-refractivity contribution < 1.29 is 4.39 Å². The van der Waals surface area contributed by atoms with Crippen LogP contribution in [0.1, 0.15) is 11.6 Å². The zero-order valence-electron chi connectivity index (χ0n) is 9.83. The molecule has 0 saturated carbocycles. The van der Waals surface area contributed by atoms with E-state index < -0.39 is 6.67 Å². The highest BCUT2D eigenvalue weighted by Crippen LogP contribution is 2.33. The van der Waals surface area contributed by atoms with Crippen molar-refractivity contribution in [3.05, 3.63) is 33.8 Å². The number of benzene rings is 1. The number of halogens is 4. The molecule has 1 saturated heterocycles. The molecule has 1 N–H and O–H groups in total. The van der Waals surface area contributed by atoms with E-state index in [0.29, 0.717) is 10.0 Å². The minimum Gasteiger partial charge on any atom is -0.314 e. The average molecular weight is 314 g/mol. The lowest BCUT2D eigenvalue weighted by molar-refractivity contribution is 0.147. The van der Waals surface area contributed by atoms with Crippen LogP contribution in [0.2, 0.25) is 10.0 Å². The first-order valence-electron chi connectivity index (χ1n) is 5.68. The fourth-order valence-electron chi connectivity index (χ4n) is 2.15. The maximum atomic E-state index is 13.3. The average Bonchev–Trinajstić information content (AvgIpc) is 2.37. The Kier molecular flexibility index (Phi) is 6.67. The number of nitrogens with one attached hydrogen (secondary N) is 1. The molecular formula is C12H16Cl3FN2. The first-order chi connectivity index (χ1) is 8.24. The minimum atomic E-state index is -0.444. The van der Waals surface area contributed by atoms with Crippen LogP contribution in [0.25, 0.3) is 0 Å². The Morgan fingerprint density at radius 1 is 1.28 bits per heavy atom.